The number of amides is 1. The summed E-state index contributed by atoms with van der Waals surface area (Å²) in [6.45, 7) is 0.557. The number of anilines is 2. The molecule has 2 aromatic heterocycles. The van der Waals surface area contributed by atoms with Crippen molar-refractivity contribution in [1.82, 2.24) is 9.97 Å². The molecular weight excluding hydrogens is 504 g/mol. The number of hydrogen-bond donors (Lipinski definition) is 1. The fourth-order valence-corrected chi connectivity index (χ4v) is 4.14. The van der Waals surface area contributed by atoms with E-state index in [2.05, 4.69) is 15.3 Å². The molecule has 1 N–H and O–H groups in total. The molecule has 1 amide bonds. The van der Waals surface area contributed by atoms with Crippen molar-refractivity contribution in [2.45, 2.75) is 18.2 Å². The first-order chi connectivity index (χ1) is 17.2. The lowest BCUT2D eigenvalue weighted by Gasteiger charge is -2.26. The fourth-order valence-electron chi connectivity index (χ4n) is 3.52. The molecule has 11 heteroatoms. The van der Waals surface area contributed by atoms with E-state index in [4.69, 9.17) is 20.8 Å². The number of carbonyl (C=O) groups is 1. The van der Waals surface area contributed by atoms with E-state index in [-0.39, 0.29) is 12.2 Å². The average molecular weight is 527 g/mol. The molecule has 0 radical (unpaired) electrons. The Morgan fingerprint density at radius 3 is 2.50 bits per heavy atom. The van der Waals surface area contributed by atoms with Gasteiger partial charge in [-0.25, -0.2) is 18.4 Å². The van der Waals surface area contributed by atoms with Crippen LogP contribution in [-0.4, -0.2) is 37.7 Å². The van der Waals surface area contributed by atoms with E-state index in [1.165, 1.54) is 6.20 Å². The largest absolute Gasteiger partial charge is 0.496 e. The summed E-state index contributed by atoms with van der Waals surface area (Å²) in [5, 5.41) is 2.80. The minimum Gasteiger partial charge on any atom is -0.496 e. The van der Waals surface area contributed by atoms with Gasteiger partial charge in [-0.05, 0) is 42.5 Å². The van der Waals surface area contributed by atoms with Gasteiger partial charge in [0.25, 0.3) is 5.91 Å². The third-order valence-electron chi connectivity index (χ3n) is 5.22. The van der Waals surface area contributed by atoms with E-state index < -0.39 is 20.9 Å². The number of benzene rings is 2. The molecular formula is C25H23ClN4O5S. The molecule has 2 heterocycles. The van der Waals surface area contributed by atoms with Crippen molar-refractivity contribution in [2.75, 3.05) is 23.6 Å². The molecule has 0 atom stereocenters. The molecule has 9 nitrogen and oxygen atoms in total. The first kappa shape index (κ1) is 25.2. The molecule has 0 spiro atoms. The van der Waals surface area contributed by atoms with Crippen LogP contribution in [0.2, 0.25) is 5.02 Å². The van der Waals surface area contributed by atoms with Gasteiger partial charge in [0.2, 0.25) is 15.0 Å². The zero-order valence-corrected chi connectivity index (χ0v) is 21.1. The van der Waals surface area contributed by atoms with Crippen LogP contribution in [0.5, 0.6) is 5.75 Å². The second-order valence-corrected chi connectivity index (χ2v) is 10.2. The molecule has 0 saturated heterocycles. The van der Waals surface area contributed by atoms with Crippen LogP contribution in [0.4, 0.5) is 11.4 Å². The highest BCUT2D eigenvalue weighted by Gasteiger charge is 2.25. The van der Waals surface area contributed by atoms with E-state index in [0.29, 0.717) is 34.5 Å². The van der Waals surface area contributed by atoms with E-state index in [0.717, 1.165) is 11.8 Å². The molecule has 0 aliphatic carbocycles. The summed E-state index contributed by atoms with van der Waals surface area (Å²) in [5.74, 6) is 0.674. The number of hydrogen-bond acceptors (Lipinski definition) is 8. The number of ether oxygens (including phenoxy) is 1. The molecule has 0 bridgehead atoms. The number of aromatic nitrogens is 2. The number of sulfone groups is 1. The molecule has 0 saturated carbocycles. The summed E-state index contributed by atoms with van der Waals surface area (Å²) < 4.78 is 35.4. The number of carbonyl (C=O) groups excluding carboxylic acids is 1. The van der Waals surface area contributed by atoms with Crippen LogP contribution in [0.25, 0.3) is 0 Å². The maximum absolute atomic E-state index is 13.4. The summed E-state index contributed by atoms with van der Waals surface area (Å²) in [7, 11) is -2.20. The minimum absolute atomic E-state index is 0.109. The Morgan fingerprint density at radius 2 is 1.83 bits per heavy atom. The molecule has 186 valence electrons. The zero-order chi connectivity index (χ0) is 25.7. The van der Waals surface area contributed by atoms with Crippen molar-refractivity contribution in [3.8, 4) is 5.75 Å². The lowest BCUT2D eigenvalue weighted by Crippen LogP contribution is -2.27. The van der Waals surface area contributed by atoms with Gasteiger partial charge in [0.1, 0.15) is 11.5 Å². The molecule has 0 aliphatic rings. The normalized spacial score (nSPS) is 11.2. The quantitative estimate of drug-likeness (QED) is 0.315. The fraction of sp³-hybridized carbons (Fsp3) is 0.160. The highest BCUT2D eigenvalue weighted by Crippen LogP contribution is 2.28. The molecule has 2 aromatic carbocycles. The summed E-state index contributed by atoms with van der Waals surface area (Å²) in [6, 6.07) is 17.5. The highest BCUT2D eigenvalue weighted by atomic mass is 35.5. The predicted molar refractivity (Wildman–Crippen MR) is 136 cm³/mol. The number of nitrogens with one attached hydrogen (secondary N) is 1. The van der Waals surface area contributed by atoms with E-state index in [1.807, 2.05) is 29.2 Å². The van der Waals surface area contributed by atoms with Gasteiger partial charge in [-0.3, -0.25) is 4.79 Å². The Morgan fingerprint density at radius 1 is 1.08 bits per heavy atom. The van der Waals surface area contributed by atoms with Crippen LogP contribution in [0.15, 0.2) is 82.7 Å². The predicted octanol–water partition coefficient (Wildman–Crippen LogP) is 4.59. The first-order valence-electron chi connectivity index (χ1n) is 10.8. The van der Waals surface area contributed by atoms with Crippen LogP contribution >= 0.6 is 11.6 Å². The van der Waals surface area contributed by atoms with Gasteiger partial charge in [-0.2, -0.15) is 0 Å². The molecule has 0 fully saturated rings. The van der Waals surface area contributed by atoms with Gasteiger partial charge in [-0.1, -0.05) is 29.8 Å². The van der Waals surface area contributed by atoms with Gasteiger partial charge in [0.15, 0.2) is 5.69 Å². The van der Waals surface area contributed by atoms with Crippen molar-refractivity contribution in [3.05, 3.63) is 95.2 Å². The average Bonchev–Trinajstić information content (AvgIpc) is 3.37. The first-order valence-corrected chi connectivity index (χ1v) is 13.0. The number of para-hydroxylation sites is 1. The zero-order valence-electron chi connectivity index (χ0n) is 19.5. The number of rotatable bonds is 9. The van der Waals surface area contributed by atoms with Crippen molar-refractivity contribution in [3.63, 3.8) is 0 Å². The summed E-state index contributed by atoms with van der Waals surface area (Å²) in [5.41, 5.74) is 1.51. The van der Waals surface area contributed by atoms with Crippen LogP contribution in [0.3, 0.4) is 0 Å². The Labute approximate surface area is 213 Å². The molecule has 4 rings (SSSR count). The van der Waals surface area contributed by atoms with Crippen molar-refractivity contribution in [1.29, 1.82) is 0 Å². The Balaban J connectivity index is 1.80. The third kappa shape index (κ3) is 6.02. The maximum Gasteiger partial charge on any atom is 0.276 e. The smallest absolute Gasteiger partial charge is 0.276 e. The number of furan rings is 1. The van der Waals surface area contributed by atoms with Crippen LogP contribution in [-0.2, 0) is 22.9 Å². The van der Waals surface area contributed by atoms with E-state index in [9.17, 15) is 13.2 Å². The number of nitrogens with zero attached hydrogens (tertiary/aromatic N) is 3. The number of methoxy groups -OCH3 is 1. The van der Waals surface area contributed by atoms with Gasteiger partial charge in [0, 0.05) is 29.1 Å². The standard InChI is InChI=1S/C25H23ClN4O5S/c1-34-22-8-4-3-6-17(22)15-30(16-20-7-5-13-35-20)21-14-27-25(36(2,32)33)29-23(21)24(31)28-19-11-9-18(26)10-12-19/h3-14H,15-16H2,1-2H3,(H,28,31). The van der Waals surface area contributed by atoms with Gasteiger partial charge in [-0.15, -0.1) is 0 Å². The summed E-state index contributed by atoms with van der Waals surface area (Å²) >= 11 is 5.95. The van der Waals surface area contributed by atoms with Crippen LogP contribution in [0.1, 0.15) is 21.8 Å². The maximum atomic E-state index is 13.4. The highest BCUT2D eigenvalue weighted by molar-refractivity contribution is 7.90. The minimum atomic E-state index is -3.78. The Kier molecular flexibility index (Phi) is 7.56. The second-order valence-electron chi connectivity index (χ2n) is 7.87. The monoisotopic (exact) mass is 526 g/mol. The van der Waals surface area contributed by atoms with E-state index in [1.54, 1.807) is 49.8 Å². The summed E-state index contributed by atoms with van der Waals surface area (Å²) in [6.07, 6.45) is 3.87. The van der Waals surface area contributed by atoms with Crippen LogP contribution < -0.4 is 15.0 Å². The van der Waals surface area contributed by atoms with Gasteiger partial charge >= 0.3 is 0 Å². The van der Waals surface area contributed by atoms with Gasteiger partial charge < -0.3 is 19.4 Å². The Bertz CT molecular complexity index is 1460. The molecule has 36 heavy (non-hydrogen) atoms. The van der Waals surface area contributed by atoms with E-state index >= 15 is 0 Å². The molecule has 4 aromatic rings. The lowest BCUT2D eigenvalue weighted by atomic mass is 10.1. The summed E-state index contributed by atoms with van der Waals surface area (Å²) in [4.78, 5) is 23.4. The van der Waals surface area contributed by atoms with Crippen molar-refractivity contribution < 1.29 is 22.4 Å². The third-order valence-corrected chi connectivity index (χ3v) is 6.33. The van der Waals surface area contributed by atoms with Crippen molar-refractivity contribution >= 4 is 38.7 Å². The SMILES string of the molecule is COc1ccccc1CN(Cc1ccco1)c1cnc(S(C)(=O)=O)nc1C(=O)Nc1ccc(Cl)cc1. The number of halogens is 1. The Hall–Kier alpha value is -3.89. The van der Waals surface area contributed by atoms with Crippen molar-refractivity contribution in [2.24, 2.45) is 0 Å². The molecule has 0 unspecified atom stereocenters. The topological polar surface area (TPSA) is 115 Å². The van der Waals surface area contributed by atoms with Crippen LogP contribution in [0, 0.1) is 0 Å². The molecule has 0 aliphatic heterocycles. The second kappa shape index (κ2) is 10.8. The van der Waals surface area contributed by atoms with Gasteiger partial charge in [0.05, 0.1) is 31.8 Å². The lowest BCUT2D eigenvalue weighted by molar-refractivity contribution is 0.102.